The minimum absolute atomic E-state index is 0.138. The molecule has 1 aromatic carbocycles. The van der Waals surface area contributed by atoms with Crippen molar-refractivity contribution in [1.29, 1.82) is 0 Å². The topological polar surface area (TPSA) is 20.3 Å². The summed E-state index contributed by atoms with van der Waals surface area (Å²) in [7, 11) is 2.12. The Labute approximate surface area is 124 Å². The summed E-state index contributed by atoms with van der Waals surface area (Å²) in [6, 6.07) is 6.48. The zero-order valence-corrected chi connectivity index (χ0v) is 13.5. The average Bonchev–Trinajstić information content (AvgIpc) is 2.38. The molecule has 0 radical (unpaired) electrons. The summed E-state index contributed by atoms with van der Waals surface area (Å²) in [4.78, 5) is 14.1. The number of benzene rings is 1. The Morgan fingerprint density at radius 1 is 1.26 bits per heavy atom. The predicted octanol–water partition coefficient (Wildman–Crippen LogP) is 4.67. The molecule has 0 amide bonds. The number of ketones is 1. The second kappa shape index (κ2) is 6.08. The van der Waals surface area contributed by atoms with E-state index in [1.165, 1.54) is 25.7 Å². The first-order valence-electron chi connectivity index (χ1n) is 7.02. The van der Waals surface area contributed by atoms with Crippen LogP contribution in [-0.4, -0.2) is 18.9 Å². The molecule has 1 fully saturated rings. The van der Waals surface area contributed by atoms with Gasteiger partial charge in [0.15, 0.2) is 5.78 Å². The number of carbonyl (C=O) groups is 1. The van der Waals surface area contributed by atoms with Gasteiger partial charge >= 0.3 is 0 Å². The minimum atomic E-state index is 0.138. The Balaban J connectivity index is 2.25. The van der Waals surface area contributed by atoms with Crippen molar-refractivity contribution in [3.8, 4) is 0 Å². The Kier molecular flexibility index (Phi) is 4.67. The Hall–Kier alpha value is -0.830. The average molecular weight is 324 g/mol. The van der Waals surface area contributed by atoms with Gasteiger partial charge in [0.25, 0.3) is 0 Å². The van der Waals surface area contributed by atoms with E-state index in [9.17, 15) is 4.79 Å². The fourth-order valence-electron chi connectivity index (χ4n) is 2.92. The van der Waals surface area contributed by atoms with Gasteiger partial charge in [-0.15, -0.1) is 0 Å². The van der Waals surface area contributed by atoms with E-state index in [0.717, 1.165) is 21.6 Å². The molecule has 0 N–H and O–H groups in total. The molecule has 2 nitrogen and oxygen atoms in total. The van der Waals surface area contributed by atoms with E-state index in [1.54, 1.807) is 6.92 Å². The van der Waals surface area contributed by atoms with Crippen LogP contribution in [0.5, 0.6) is 0 Å². The smallest absolute Gasteiger partial charge is 0.161 e. The summed E-state index contributed by atoms with van der Waals surface area (Å²) in [5, 5.41) is 0. The van der Waals surface area contributed by atoms with Gasteiger partial charge in [0, 0.05) is 28.8 Å². The molecule has 0 aliphatic heterocycles. The van der Waals surface area contributed by atoms with Crippen LogP contribution in [-0.2, 0) is 0 Å². The SMILES string of the molecule is CC(=O)c1ccc(Br)cc1N(C)C1CCC(C)CC1. The Bertz CT molecular complexity index is 464. The molecule has 0 heterocycles. The third-order valence-corrected chi connectivity index (χ3v) is 4.75. The highest BCUT2D eigenvalue weighted by atomic mass is 79.9. The van der Waals surface area contributed by atoms with Crippen LogP contribution in [0.15, 0.2) is 22.7 Å². The highest BCUT2D eigenvalue weighted by Gasteiger charge is 2.24. The van der Waals surface area contributed by atoms with Crippen LogP contribution >= 0.6 is 15.9 Å². The van der Waals surface area contributed by atoms with Crippen molar-refractivity contribution in [2.45, 2.75) is 45.6 Å². The van der Waals surface area contributed by atoms with Gasteiger partial charge in [-0.2, -0.15) is 0 Å². The van der Waals surface area contributed by atoms with Crippen molar-refractivity contribution in [3.63, 3.8) is 0 Å². The molecule has 0 unspecified atom stereocenters. The van der Waals surface area contributed by atoms with Crippen LogP contribution in [0, 0.1) is 5.92 Å². The van der Waals surface area contributed by atoms with E-state index in [0.29, 0.717) is 6.04 Å². The monoisotopic (exact) mass is 323 g/mol. The number of hydrogen-bond acceptors (Lipinski definition) is 2. The Morgan fingerprint density at radius 3 is 2.47 bits per heavy atom. The van der Waals surface area contributed by atoms with E-state index in [2.05, 4.69) is 40.9 Å². The van der Waals surface area contributed by atoms with Gasteiger partial charge in [-0.25, -0.2) is 0 Å². The summed E-state index contributed by atoms with van der Waals surface area (Å²) in [6.45, 7) is 3.97. The number of nitrogens with zero attached hydrogens (tertiary/aromatic N) is 1. The van der Waals surface area contributed by atoms with Gasteiger partial charge in [-0.05, 0) is 56.7 Å². The van der Waals surface area contributed by atoms with Crippen LogP contribution in [0.2, 0.25) is 0 Å². The number of anilines is 1. The molecule has 1 aliphatic rings. The number of hydrogen-bond donors (Lipinski definition) is 0. The van der Waals surface area contributed by atoms with Crippen molar-refractivity contribution >= 4 is 27.4 Å². The maximum absolute atomic E-state index is 11.8. The summed E-state index contributed by atoms with van der Waals surface area (Å²) < 4.78 is 1.03. The quantitative estimate of drug-likeness (QED) is 0.753. The van der Waals surface area contributed by atoms with E-state index < -0.39 is 0 Å². The van der Waals surface area contributed by atoms with Crippen molar-refractivity contribution in [2.75, 3.05) is 11.9 Å². The molecule has 1 aromatic rings. The largest absolute Gasteiger partial charge is 0.371 e. The van der Waals surface area contributed by atoms with Crippen molar-refractivity contribution in [2.24, 2.45) is 5.92 Å². The zero-order valence-electron chi connectivity index (χ0n) is 11.9. The molecule has 0 aromatic heterocycles. The molecule has 0 saturated heterocycles. The number of rotatable bonds is 3. The van der Waals surface area contributed by atoms with Crippen molar-refractivity contribution < 1.29 is 4.79 Å². The van der Waals surface area contributed by atoms with Gasteiger partial charge in [-0.3, -0.25) is 4.79 Å². The molecule has 0 bridgehead atoms. The number of halogens is 1. The van der Waals surface area contributed by atoms with E-state index in [1.807, 2.05) is 12.1 Å². The van der Waals surface area contributed by atoms with Crippen LogP contribution < -0.4 is 4.90 Å². The molecule has 2 rings (SSSR count). The van der Waals surface area contributed by atoms with Crippen LogP contribution in [0.3, 0.4) is 0 Å². The lowest BCUT2D eigenvalue weighted by atomic mass is 9.86. The van der Waals surface area contributed by atoms with Gasteiger partial charge in [-0.1, -0.05) is 22.9 Å². The first kappa shape index (κ1) is 14.6. The maximum Gasteiger partial charge on any atom is 0.161 e. The van der Waals surface area contributed by atoms with Gasteiger partial charge in [0.05, 0.1) is 0 Å². The summed E-state index contributed by atoms with van der Waals surface area (Å²) in [5.41, 5.74) is 1.88. The Morgan fingerprint density at radius 2 is 1.89 bits per heavy atom. The third kappa shape index (κ3) is 3.38. The highest BCUT2D eigenvalue weighted by molar-refractivity contribution is 9.10. The summed E-state index contributed by atoms with van der Waals surface area (Å²) in [6.07, 6.45) is 5.03. The lowest BCUT2D eigenvalue weighted by Gasteiger charge is -2.36. The lowest BCUT2D eigenvalue weighted by molar-refractivity contribution is 0.101. The normalized spacial score (nSPS) is 23.2. The zero-order chi connectivity index (χ0) is 14.0. The van der Waals surface area contributed by atoms with Crippen LogP contribution in [0.4, 0.5) is 5.69 Å². The third-order valence-electron chi connectivity index (χ3n) is 4.25. The van der Waals surface area contributed by atoms with E-state index in [4.69, 9.17) is 0 Å². The highest BCUT2D eigenvalue weighted by Crippen LogP contribution is 2.32. The molecule has 0 atom stereocenters. The van der Waals surface area contributed by atoms with Crippen LogP contribution in [0.1, 0.15) is 49.9 Å². The first-order valence-corrected chi connectivity index (χ1v) is 7.81. The maximum atomic E-state index is 11.8. The molecule has 104 valence electrons. The second-order valence-corrected chi connectivity index (χ2v) is 6.66. The summed E-state index contributed by atoms with van der Waals surface area (Å²) in [5.74, 6) is 0.984. The molecular weight excluding hydrogens is 302 g/mol. The molecular formula is C16H22BrNO. The molecule has 0 spiro atoms. The minimum Gasteiger partial charge on any atom is -0.371 e. The summed E-state index contributed by atoms with van der Waals surface area (Å²) >= 11 is 3.51. The van der Waals surface area contributed by atoms with E-state index >= 15 is 0 Å². The molecule has 3 heteroatoms. The number of Topliss-reactive ketones (excluding diaryl/α,β-unsaturated/α-hetero) is 1. The van der Waals surface area contributed by atoms with Gasteiger partial charge < -0.3 is 4.90 Å². The molecule has 19 heavy (non-hydrogen) atoms. The van der Waals surface area contributed by atoms with Crippen molar-refractivity contribution in [3.05, 3.63) is 28.2 Å². The standard InChI is InChI=1S/C16H22BrNO/c1-11-4-7-14(8-5-11)18(3)16-10-13(17)6-9-15(16)12(2)19/h6,9-11,14H,4-5,7-8H2,1-3H3. The number of carbonyl (C=O) groups excluding carboxylic acids is 1. The van der Waals surface area contributed by atoms with Gasteiger partial charge in [0.1, 0.15) is 0 Å². The fraction of sp³-hybridized carbons (Fsp3) is 0.562. The second-order valence-electron chi connectivity index (χ2n) is 5.74. The lowest BCUT2D eigenvalue weighted by Crippen LogP contribution is -2.35. The first-order chi connectivity index (χ1) is 8.99. The van der Waals surface area contributed by atoms with Crippen LogP contribution in [0.25, 0.3) is 0 Å². The fourth-order valence-corrected chi connectivity index (χ4v) is 3.27. The van der Waals surface area contributed by atoms with E-state index in [-0.39, 0.29) is 5.78 Å². The van der Waals surface area contributed by atoms with Crippen molar-refractivity contribution in [1.82, 2.24) is 0 Å². The molecule has 1 saturated carbocycles. The molecule has 1 aliphatic carbocycles. The van der Waals surface area contributed by atoms with Gasteiger partial charge in [0.2, 0.25) is 0 Å². The predicted molar refractivity (Wildman–Crippen MR) is 84.0 cm³/mol.